The van der Waals surface area contributed by atoms with Crippen molar-refractivity contribution in [1.29, 1.82) is 0 Å². The maximum atomic E-state index is 11.9. The predicted octanol–water partition coefficient (Wildman–Crippen LogP) is 1.98. The van der Waals surface area contributed by atoms with Gasteiger partial charge < -0.3 is 0 Å². The molecule has 0 spiro atoms. The second kappa shape index (κ2) is 5.05. The monoisotopic (exact) mass is 255 g/mol. The predicted molar refractivity (Wildman–Crippen MR) is 69.5 cm³/mol. The van der Waals surface area contributed by atoms with Gasteiger partial charge in [0.15, 0.2) is 0 Å². The molecule has 4 nitrogen and oxygen atoms in total. The summed E-state index contributed by atoms with van der Waals surface area (Å²) in [4.78, 5) is 16.1. The summed E-state index contributed by atoms with van der Waals surface area (Å²) in [7, 11) is 0. The van der Waals surface area contributed by atoms with Crippen LogP contribution in [0, 0.1) is 13.8 Å². The van der Waals surface area contributed by atoms with E-state index in [0.717, 1.165) is 28.1 Å². The molecule has 1 aliphatic rings. The van der Waals surface area contributed by atoms with Gasteiger partial charge >= 0.3 is 0 Å². The minimum Gasteiger partial charge on any atom is -0.272 e. The molecule has 0 aliphatic carbocycles. The minimum absolute atomic E-state index is 0.0193. The van der Waals surface area contributed by atoms with Gasteiger partial charge in [0.25, 0.3) is 5.91 Å². The Morgan fingerprint density at radius 3 is 3.00 bits per heavy atom. The fraction of sp³-hybridized carbons (Fsp3) is 0.500. The Labute approximate surface area is 103 Å². The highest BCUT2D eigenvalue weighted by atomic mass is 32.2. The lowest BCUT2D eigenvalue weighted by molar-refractivity contribution is 0.0924. The minimum atomic E-state index is 0.0193. The van der Waals surface area contributed by atoms with Crippen LogP contribution in [0.5, 0.6) is 0 Å². The summed E-state index contributed by atoms with van der Waals surface area (Å²) >= 11 is 3.23. The molecule has 0 radical (unpaired) electrons. The van der Waals surface area contributed by atoms with E-state index in [-0.39, 0.29) is 5.91 Å². The molecule has 0 N–H and O–H groups in total. The molecule has 0 bridgehead atoms. The van der Waals surface area contributed by atoms with E-state index >= 15 is 0 Å². The molecule has 0 saturated heterocycles. The lowest BCUT2D eigenvalue weighted by Gasteiger charge is -2.02. The molecule has 1 aromatic heterocycles. The third-order valence-corrected chi connectivity index (χ3v) is 4.36. The van der Waals surface area contributed by atoms with Crippen LogP contribution >= 0.6 is 23.5 Å². The van der Waals surface area contributed by atoms with Crippen molar-refractivity contribution in [3.8, 4) is 0 Å². The van der Waals surface area contributed by atoms with Gasteiger partial charge in [-0.05, 0) is 19.9 Å². The number of hydrogen-bond donors (Lipinski definition) is 0. The highest BCUT2D eigenvalue weighted by molar-refractivity contribution is 8.39. The molecule has 2 heterocycles. The SMILES string of the molecule is Cc1cc(C)n(C(=O)CSC2=NCCS2)n1. The topological polar surface area (TPSA) is 47.2 Å². The Morgan fingerprint density at radius 2 is 2.44 bits per heavy atom. The Morgan fingerprint density at radius 1 is 1.62 bits per heavy atom. The maximum absolute atomic E-state index is 11.9. The molecule has 0 atom stereocenters. The third kappa shape index (κ3) is 2.68. The normalized spacial score (nSPS) is 15.2. The van der Waals surface area contributed by atoms with Crippen LogP contribution in [0.1, 0.15) is 16.2 Å². The van der Waals surface area contributed by atoms with Crippen LogP contribution in [-0.4, -0.2) is 38.1 Å². The van der Waals surface area contributed by atoms with Crippen molar-refractivity contribution in [2.75, 3.05) is 18.1 Å². The van der Waals surface area contributed by atoms with Crippen LogP contribution in [0.4, 0.5) is 0 Å². The third-order valence-electron chi connectivity index (χ3n) is 2.12. The first kappa shape index (κ1) is 11.7. The van der Waals surface area contributed by atoms with Crippen LogP contribution in [-0.2, 0) is 0 Å². The first-order chi connectivity index (χ1) is 7.66. The molecule has 1 aromatic rings. The van der Waals surface area contributed by atoms with Gasteiger partial charge in [0.2, 0.25) is 0 Å². The molecule has 0 fully saturated rings. The van der Waals surface area contributed by atoms with Crippen LogP contribution in [0.15, 0.2) is 11.1 Å². The molecule has 0 saturated carbocycles. The Hall–Kier alpha value is -0.750. The second-order valence-electron chi connectivity index (χ2n) is 3.52. The van der Waals surface area contributed by atoms with Crippen molar-refractivity contribution < 1.29 is 4.79 Å². The number of thioether (sulfide) groups is 2. The number of carbonyl (C=O) groups is 1. The molecule has 86 valence electrons. The van der Waals surface area contributed by atoms with E-state index in [0.29, 0.717) is 5.75 Å². The molecule has 0 amide bonds. The Balaban J connectivity index is 1.95. The zero-order valence-electron chi connectivity index (χ0n) is 9.27. The summed E-state index contributed by atoms with van der Waals surface area (Å²) in [6, 6.07) is 1.91. The van der Waals surface area contributed by atoms with Gasteiger partial charge in [-0.2, -0.15) is 5.10 Å². The highest BCUT2D eigenvalue weighted by Crippen LogP contribution is 2.22. The first-order valence-corrected chi connectivity index (χ1v) is 7.00. The fourth-order valence-electron chi connectivity index (χ4n) is 1.47. The van der Waals surface area contributed by atoms with Crippen molar-refractivity contribution in [1.82, 2.24) is 9.78 Å². The van der Waals surface area contributed by atoms with Crippen LogP contribution in [0.25, 0.3) is 0 Å². The van der Waals surface area contributed by atoms with Gasteiger partial charge in [-0.1, -0.05) is 23.5 Å². The number of rotatable bonds is 2. The van der Waals surface area contributed by atoms with Crippen molar-refractivity contribution >= 4 is 33.8 Å². The largest absolute Gasteiger partial charge is 0.272 e. The molecule has 0 aromatic carbocycles. The van der Waals surface area contributed by atoms with E-state index in [1.807, 2.05) is 19.9 Å². The van der Waals surface area contributed by atoms with E-state index in [9.17, 15) is 4.79 Å². The Bertz CT molecular complexity index is 439. The van der Waals surface area contributed by atoms with E-state index in [1.54, 1.807) is 11.8 Å². The summed E-state index contributed by atoms with van der Waals surface area (Å²) in [6.45, 7) is 4.66. The average molecular weight is 255 g/mol. The van der Waals surface area contributed by atoms with Gasteiger partial charge in [-0.25, -0.2) is 4.68 Å². The average Bonchev–Trinajstić information content (AvgIpc) is 2.84. The summed E-state index contributed by atoms with van der Waals surface area (Å²) in [6.07, 6.45) is 0. The van der Waals surface area contributed by atoms with Crippen molar-refractivity contribution in [2.45, 2.75) is 13.8 Å². The fourth-order valence-corrected chi connectivity index (χ4v) is 3.32. The summed E-state index contributed by atoms with van der Waals surface area (Å²) in [5.74, 6) is 1.47. The summed E-state index contributed by atoms with van der Waals surface area (Å²) < 4.78 is 2.50. The smallest absolute Gasteiger partial charge is 0.257 e. The molecule has 0 unspecified atom stereocenters. The van der Waals surface area contributed by atoms with E-state index < -0.39 is 0 Å². The molecule has 6 heteroatoms. The summed E-state index contributed by atoms with van der Waals surface area (Å²) in [5.41, 5.74) is 1.77. The number of hydrogen-bond acceptors (Lipinski definition) is 5. The molecular weight excluding hydrogens is 242 g/mol. The summed E-state index contributed by atoms with van der Waals surface area (Å²) in [5, 5.41) is 4.16. The van der Waals surface area contributed by atoms with Gasteiger partial charge in [0, 0.05) is 11.4 Å². The van der Waals surface area contributed by atoms with Crippen LogP contribution in [0.3, 0.4) is 0 Å². The van der Waals surface area contributed by atoms with Crippen molar-refractivity contribution in [3.05, 3.63) is 17.5 Å². The molecule has 2 rings (SSSR count). The lowest BCUT2D eigenvalue weighted by atomic mass is 10.4. The lowest BCUT2D eigenvalue weighted by Crippen LogP contribution is -2.16. The number of aliphatic imine (C=N–C) groups is 1. The van der Waals surface area contributed by atoms with Crippen LogP contribution in [0.2, 0.25) is 0 Å². The standard InChI is InChI=1S/C10H13N3OS2/c1-7-5-8(2)13(12-7)9(14)6-16-10-11-3-4-15-10/h5H,3-4,6H2,1-2H3. The molecule has 1 aliphatic heterocycles. The van der Waals surface area contributed by atoms with E-state index in [1.165, 1.54) is 16.4 Å². The van der Waals surface area contributed by atoms with Gasteiger partial charge in [-0.15, -0.1) is 0 Å². The van der Waals surface area contributed by atoms with E-state index in [2.05, 4.69) is 10.1 Å². The van der Waals surface area contributed by atoms with Crippen molar-refractivity contribution in [3.63, 3.8) is 0 Å². The second-order valence-corrected chi connectivity index (χ2v) is 5.82. The zero-order valence-corrected chi connectivity index (χ0v) is 10.9. The number of carbonyl (C=O) groups excluding carboxylic acids is 1. The van der Waals surface area contributed by atoms with Gasteiger partial charge in [0.1, 0.15) is 4.38 Å². The zero-order chi connectivity index (χ0) is 11.5. The first-order valence-electron chi connectivity index (χ1n) is 5.03. The van der Waals surface area contributed by atoms with Crippen LogP contribution < -0.4 is 0 Å². The Kier molecular flexibility index (Phi) is 3.70. The quantitative estimate of drug-likeness (QED) is 0.810. The van der Waals surface area contributed by atoms with E-state index in [4.69, 9.17) is 0 Å². The molecular formula is C10H13N3OS2. The number of aromatic nitrogens is 2. The van der Waals surface area contributed by atoms with Crippen molar-refractivity contribution in [2.24, 2.45) is 4.99 Å². The highest BCUT2D eigenvalue weighted by Gasteiger charge is 2.13. The van der Waals surface area contributed by atoms with Gasteiger partial charge in [0.05, 0.1) is 18.0 Å². The van der Waals surface area contributed by atoms with Gasteiger partial charge in [-0.3, -0.25) is 9.79 Å². The molecule has 16 heavy (non-hydrogen) atoms. The maximum Gasteiger partial charge on any atom is 0.257 e. The number of nitrogens with zero attached hydrogens (tertiary/aromatic N) is 3. The number of aryl methyl sites for hydroxylation is 2.